The molecule has 0 heterocycles. The van der Waals surface area contributed by atoms with Crippen molar-refractivity contribution in [2.45, 2.75) is 6.55 Å². The minimum Gasteiger partial charge on any atom is -0.107 e. The highest BCUT2D eigenvalue weighted by atomic mass is 13.7. The summed E-state index contributed by atoms with van der Waals surface area (Å²) >= 11 is 0. The number of rotatable bonds is 2. The summed E-state index contributed by atoms with van der Waals surface area (Å²) in [6.07, 6.45) is 0. The highest BCUT2D eigenvalue weighted by molar-refractivity contribution is 6.76. The van der Waals surface area contributed by atoms with Gasteiger partial charge in [0.25, 0.3) is 0 Å². The molecule has 1 aromatic rings. The summed E-state index contributed by atoms with van der Waals surface area (Å²) in [5.74, 6) is 0. The van der Waals surface area contributed by atoms with Gasteiger partial charge in [-0.2, -0.15) is 0 Å². The van der Waals surface area contributed by atoms with Crippen LogP contribution in [0, 0.1) is 0 Å². The van der Waals surface area contributed by atoms with Gasteiger partial charge < -0.3 is 0 Å². The van der Waals surface area contributed by atoms with Crippen LogP contribution in [0.4, 0.5) is 0 Å². The zero-order valence-electron chi connectivity index (χ0n) is 6.17. The van der Waals surface area contributed by atoms with E-state index in [-0.39, 0.29) is 0 Å². The number of hydrogen-bond donors (Lipinski definition) is 0. The van der Waals surface area contributed by atoms with E-state index < -0.39 is 8.80 Å². The second-order valence-corrected chi connectivity index (χ2v) is 4.60. The first kappa shape index (κ1) is 7.29. The SMILES string of the molecule is C=C[1Si](C)c1ccccc1. The van der Waals surface area contributed by atoms with Crippen molar-refractivity contribution in [2.75, 3.05) is 0 Å². The predicted octanol–water partition coefficient (Wildman–Crippen LogP) is 1.74. The fraction of sp³-hybridized carbons (Fsp3) is 0.111. The summed E-state index contributed by atoms with van der Waals surface area (Å²) in [6.45, 7) is 6.03. The standard InChI is InChI=1S/C9H11Si/c1-3-10(2)9-7-5-4-6-8-9/h3-8H,1H2,2H3/i10-27. The Balaban J connectivity index is 2.84. The van der Waals surface area contributed by atoms with Crippen LogP contribution in [0.3, 0.4) is 0 Å². The molecule has 0 fully saturated rings. The van der Waals surface area contributed by atoms with Crippen LogP contribution in [0.5, 0.6) is 0 Å². The van der Waals surface area contributed by atoms with Crippen molar-refractivity contribution in [1.29, 1.82) is 0 Å². The van der Waals surface area contributed by atoms with Gasteiger partial charge in [0, 0.05) is 0 Å². The van der Waals surface area contributed by atoms with Crippen LogP contribution < -0.4 is 5.19 Å². The second kappa shape index (κ2) is 3.37. The number of benzene rings is 1. The lowest BCUT2D eigenvalue weighted by molar-refractivity contribution is 1.75. The van der Waals surface area contributed by atoms with Crippen molar-refractivity contribution < 1.29 is 0 Å². The molecule has 1 heteroatoms. The summed E-state index contributed by atoms with van der Waals surface area (Å²) in [6, 6.07) is 10.5. The summed E-state index contributed by atoms with van der Waals surface area (Å²) in [5.41, 5.74) is 2.06. The Kier molecular flexibility index (Phi) is 2.46. The Hall–Kier alpha value is -0.823. The third-order valence-electron chi connectivity index (χ3n) is 1.54. The molecule has 1 rings (SSSR count). The lowest BCUT2D eigenvalue weighted by Gasteiger charge is -2.01. The molecule has 0 saturated carbocycles. The van der Waals surface area contributed by atoms with E-state index in [2.05, 4.69) is 43.1 Å². The van der Waals surface area contributed by atoms with Crippen molar-refractivity contribution in [2.24, 2.45) is 0 Å². The first-order valence-corrected chi connectivity index (χ1v) is 5.43. The molecule has 0 bridgehead atoms. The number of hydrogen-bond acceptors (Lipinski definition) is 0. The first-order valence-electron chi connectivity index (χ1n) is 3.36. The van der Waals surface area contributed by atoms with Crippen molar-refractivity contribution in [3.63, 3.8) is 0 Å². The lowest BCUT2D eigenvalue weighted by atomic mass is 0.733. The molecule has 0 aliphatic heterocycles. The van der Waals surface area contributed by atoms with Crippen LogP contribution in [-0.2, 0) is 0 Å². The van der Waals surface area contributed by atoms with Gasteiger partial charge in [0.05, 0.1) is 0 Å². The maximum atomic E-state index is 3.78. The van der Waals surface area contributed by atoms with E-state index in [1.165, 1.54) is 5.19 Å². The van der Waals surface area contributed by atoms with Crippen LogP contribution >= 0.6 is 0 Å². The highest BCUT2D eigenvalue weighted by Crippen LogP contribution is 1.87. The monoisotopic (exact) mass is 120 g/mol. The van der Waals surface area contributed by atoms with Gasteiger partial charge >= 0.3 is 0 Å². The van der Waals surface area contributed by atoms with Crippen molar-refractivity contribution in [3.05, 3.63) is 42.6 Å². The van der Waals surface area contributed by atoms with Crippen molar-refractivity contribution >= 4 is 14.0 Å². The molecule has 0 aliphatic carbocycles. The van der Waals surface area contributed by atoms with Crippen LogP contribution in [-0.4, -0.2) is 8.80 Å². The smallest absolute Gasteiger partial charge is 0.107 e. The van der Waals surface area contributed by atoms with Gasteiger partial charge in [-0.15, -0.1) is 6.58 Å². The topological polar surface area (TPSA) is 0 Å². The molecule has 0 nitrogen and oxygen atoms in total. The van der Waals surface area contributed by atoms with E-state index in [9.17, 15) is 0 Å². The molecule has 1 aromatic carbocycles. The van der Waals surface area contributed by atoms with Gasteiger partial charge in [0.1, 0.15) is 8.80 Å². The molecule has 0 saturated heterocycles. The Morgan fingerprint density at radius 1 is 1.30 bits per heavy atom. The molecule has 0 atom stereocenters. The molecule has 0 unspecified atom stereocenters. The summed E-state index contributed by atoms with van der Waals surface area (Å²) in [4.78, 5) is 0. The second-order valence-electron chi connectivity index (χ2n) is 2.25. The third kappa shape index (κ3) is 1.58. The Bertz CT molecular complexity index is 203. The molecule has 0 aliphatic rings. The molecule has 51 valence electrons. The van der Waals surface area contributed by atoms with E-state index >= 15 is 0 Å². The minimum absolute atomic E-state index is 0.443. The van der Waals surface area contributed by atoms with E-state index in [0.29, 0.717) is 0 Å². The molecule has 0 amide bonds. The van der Waals surface area contributed by atoms with E-state index in [1.807, 2.05) is 6.07 Å². The predicted molar refractivity (Wildman–Crippen MR) is 47.9 cm³/mol. The lowest BCUT2D eigenvalue weighted by Crippen LogP contribution is -2.23. The molecule has 0 spiro atoms. The average molecular weight is 120 g/mol. The molecule has 0 aromatic heterocycles. The zero-order chi connectivity index (χ0) is 7.40. The van der Waals surface area contributed by atoms with E-state index in [1.54, 1.807) is 0 Å². The molecular weight excluding hydrogens is 109 g/mol. The molecule has 0 N–H and O–H groups in total. The Morgan fingerprint density at radius 2 is 1.90 bits per heavy atom. The highest BCUT2D eigenvalue weighted by Gasteiger charge is 1.99. The summed E-state index contributed by atoms with van der Waals surface area (Å²) in [5, 5.41) is 1.43. The fourth-order valence-electron chi connectivity index (χ4n) is 0.819. The molecule has 1 radical (unpaired) electrons. The maximum absolute atomic E-state index is 3.78. The van der Waals surface area contributed by atoms with Crippen molar-refractivity contribution in [3.8, 4) is 0 Å². The van der Waals surface area contributed by atoms with Gasteiger partial charge in [-0.05, 0) is 0 Å². The molecular formula is C9H11Si. The van der Waals surface area contributed by atoms with Crippen LogP contribution in [0.1, 0.15) is 0 Å². The maximum Gasteiger partial charge on any atom is 0.108 e. The van der Waals surface area contributed by atoms with Crippen LogP contribution in [0.2, 0.25) is 6.55 Å². The van der Waals surface area contributed by atoms with Crippen molar-refractivity contribution in [1.82, 2.24) is 0 Å². The summed E-state index contributed by atoms with van der Waals surface area (Å²) in [7, 11) is -0.443. The normalized spacial score (nSPS) is 9.80. The minimum atomic E-state index is -0.443. The third-order valence-corrected chi connectivity index (χ3v) is 3.39. The first-order chi connectivity index (χ1) is 4.84. The zero-order valence-corrected chi connectivity index (χ0v) is 7.17. The Morgan fingerprint density at radius 3 is 2.40 bits per heavy atom. The van der Waals surface area contributed by atoms with Crippen LogP contribution in [0.15, 0.2) is 42.6 Å². The van der Waals surface area contributed by atoms with Crippen LogP contribution in [0.25, 0.3) is 0 Å². The fourth-order valence-corrected chi connectivity index (χ4v) is 1.77. The Labute approximate surface area is 63.8 Å². The van der Waals surface area contributed by atoms with E-state index in [0.717, 1.165) is 0 Å². The van der Waals surface area contributed by atoms with Gasteiger partial charge in [0.2, 0.25) is 0 Å². The molecule has 10 heavy (non-hydrogen) atoms. The van der Waals surface area contributed by atoms with Gasteiger partial charge in [-0.25, -0.2) is 0 Å². The largest absolute Gasteiger partial charge is 0.108 e. The average Bonchev–Trinajstić information content (AvgIpc) is 2.05. The van der Waals surface area contributed by atoms with Gasteiger partial charge in [-0.3, -0.25) is 0 Å². The summed E-state index contributed by atoms with van der Waals surface area (Å²) < 4.78 is 0. The van der Waals surface area contributed by atoms with Gasteiger partial charge in [0.15, 0.2) is 0 Å². The van der Waals surface area contributed by atoms with E-state index in [4.69, 9.17) is 0 Å². The quantitative estimate of drug-likeness (QED) is 0.521. The van der Waals surface area contributed by atoms with Gasteiger partial charge in [-0.1, -0.05) is 47.8 Å².